The molecule has 1 aromatic carbocycles. The molecule has 0 saturated carbocycles. The normalized spacial score (nSPS) is 14.8. The summed E-state index contributed by atoms with van der Waals surface area (Å²) in [6, 6.07) is 7.36. The second-order valence-electron chi connectivity index (χ2n) is 5.81. The molecule has 0 aromatic heterocycles. The molecule has 0 aliphatic carbocycles. The molecule has 0 aliphatic rings. The summed E-state index contributed by atoms with van der Waals surface area (Å²) >= 11 is 0. The minimum Gasteiger partial charge on any atom is -0.388 e. The Morgan fingerprint density at radius 2 is 1.86 bits per heavy atom. The Kier molecular flexibility index (Phi) is 6.56. The van der Waals surface area contributed by atoms with Crippen molar-refractivity contribution < 1.29 is 14.7 Å². The fourth-order valence-corrected chi connectivity index (χ4v) is 2.08. The average Bonchev–Trinajstić information content (AvgIpc) is 2.52. The van der Waals surface area contributed by atoms with Gasteiger partial charge >= 0.3 is 11.8 Å². The van der Waals surface area contributed by atoms with E-state index in [2.05, 4.69) is 10.6 Å². The van der Waals surface area contributed by atoms with E-state index in [1.165, 1.54) is 0 Å². The van der Waals surface area contributed by atoms with Crippen LogP contribution in [0.3, 0.4) is 0 Å². The maximum absolute atomic E-state index is 11.9. The lowest BCUT2D eigenvalue weighted by Gasteiger charge is -2.29. The summed E-state index contributed by atoms with van der Waals surface area (Å²) in [5, 5.41) is 15.3. The molecule has 0 aliphatic heterocycles. The van der Waals surface area contributed by atoms with Crippen molar-refractivity contribution in [2.24, 2.45) is 5.92 Å². The fraction of sp³-hybridized carbons (Fsp3) is 0.529. The highest BCUT2D eigenvalue weighted by Crippen LogP contribution is 2.19. The number of hydrogen-bond acceptors (Lipinski definition) is 3. The van der Waals surface area contributed by atoms with Crippen LogP contribution >= 0.6 is 0 Å². The molecule has 122 valence electrons. The van der Waals surface area contributed by atoms with Crippen LogP contribution in [0.2, 0.25) is 0 Å². The third kappa shape index (κ3) is 4.84. The number of anilines is 1. The van der Waals surface area contributed by atoms with Gasteiger partial charge in [0, 0.05) is 12.2 Å². The van der Waals surface area contributed by atoms with Crippen molar-refractivity contribution >= 4 is 17.5 Å². The Morgan fingerprint density at radius 1 is 1.23 bits per heavy atom. The molecule has 2 amide bonds. The number of hydrogen-bond donors (Lipinski definition) is 3. The molecule has 0 spiro atoms. The Labute approximate surface area is 132 Å². The van der Waals surface area contributed by atoms with Gasteiger partial charge in [0.05, 0.1) is 5.60 Å². The first kappa shape index (κ1) is 18.2. The van der Waals surface area contributed by atoms with Gasteiger partial charge in [0.25, 0.3) is 0 Å². The van der Waals surface area contributed by atoms with Crippen molar-refractivity contribution in [1.29, 1.82) is 0 Å². The number of aliphatic hydroxyl groups is 1. The van der Waals surface area contributed by atoms with Crippen LogP contribution in [0, 0.1) is 5.92 Å². The zero-order valence-corrected chi connectivity index (χ0v) is 13.8. The molecular weight excluding hydrogens is 280 g/mol. The predicted octanol–water partition coefficient (Wildman–Crippen LogP) is 2.10. The minimum absolute atomic E-state index is 0.0247. The number of aryl methyl sites for hydroxylation is 1. The van der Waals surface area contributed by atoms with Crippen LogP contribution in [0.25, 0.3) is 0 Å². The van der Waals surface area contributed by atoms with Gasteiger partial charge < -0.3 is 15.7 Å². The molecular formula is C17H26N2O3. The molecule has 3 N–H and O–H groups in total. The van der Waals surface area contributed by atoms with Crippen molar-refractivity contribution in [2.75, 3.05) is 11.9 Å². The van der Waals surface area contributed by atoms with Crippen molar-refractivity contribution in [3.8, 4) is 0 Å². The van der Waals surface area contributed by atoms with Crippen molar-refractivity contribution in [3.63, 3.8) is 0 Å². The highest BCUT2D eigenvalue weighted by molar-refractivity contribution is 6.39. The maximum Gasteiger partial charge on any atom is 0.313 e. The van der Waals surface area contributed by atoms with E-state index in [0.717, 1.165) is 18.4 Å². The van der Waals surface area contributed by atoms with E-state index in [4.69, 9.17) is 0 Å². The molecule has 0 radical (unpaired) electrons. The summed E-state index contributed by atoms with van der Waals surface area (Å²) in [5.74, 6) is -1.44. The van der Waals surface area contributed by atoms with Gasteiger partial charge in [-0.2, -0.15) is 0 Å². The number of rotatable bonds is 6. The number of nitrogens with one attached hydrogen (secondary N) is 2. The smallest absolute Gasteiger partial charge is 0.313 e. The second kappa shape index (κ2) is 7.94. The number of amides is 2. The lowest BCUT2D eigenvalue weighted by Crippen LogP contribution is -2.47. The first-order valence-electron chi connectivity index (χ1n) is 7.71. The van der Waals surface area contributed by atoms with Crippen LogP contribution in [0.15, 0.2) is 24.3 Å². The van der Waals surface area contributed by atoms with Crippen LogP contribution in [-0.4, -0.2) is 29.1 Å². The van der Waals surface area contributed by atoms with Crippen LogP contribution in [0.1, 0.15) is 39.7 Å². The Bertz CT molecular complexity index is 526. The Morgan fingerprint density at radius 3 is 2.45 bits per heavy atom. The van der Waals surface area contributed by atoms with Gasteiger partial charge in [-0.15, -0.1) is 0 Å². The first-order valence-corrected chi connectivity index (χ1v) is 7.71. The predicted molar refractivity (Wildman–Crippen MR) is 87.5 cm³/mol. The number of benzene rings is 1. The first-order chi connectivity index (χ1) is 10.3. The van der Waals surface area contributed by atoms with Crippen LogP contribution in [0.4, 0.5) is 5.69 Å². The highest BCUT2D eigenvalue weighted by Gasteiger charge is 2.28. The van der Waals surface area contributed by atoms with Gasteiger partial charge in [0.15, 0.2) is 0 Å². The van der Waals surface area contributed by atoms with Gasteiger partial charge in [-0.05, 0) is 30.9 Å². The number of carbonyl (C=O) groups excluding carboxylic acids is 2. The summed E-state index contributed by atoms with van der Waals surface area (Å²) < 4.78 is 0. The number of carbonyl (C=O) groups is 2. The lowest BCUT2D eigenvalue weighted by atomic mass is 9.89. The maximum atomic E-state index is 11.9. The summed E-state index contributed by atoms with van der Waals surface area (Å²) in [6.07, 6.45) is 1.56. The standard InChI is InChI=1S/C17H26N2O3/c1-5-12(3)17(4,22)11-18-15(20)16(21)19-14-10-8-7-9-13(14)6-2/h7-10,12,22H,5-6,11H2,1-4H3,(H,18,20)(H,19,21)/t12-,17-/m1/s1. The molecule has 5 nitrogen and oxygen atoms in total. The van der Waals surface area contributed by atoms with E-state index in [9.17, 15) is 14.7 Å². The van der Waals surface area contributed by atoms with Crippen LogP contribution in [0.5, 0.6) is 0 Å². The zero-order chi connectivity index (χ0) is 16.8. The third-order valence-corrected chi connectivity index (χ3v) is 4.13. The summed E-state index contributed by atoms with van der Waals surface area (Å²) in [7, 11) is 0. The van der Waals surface area contributed by atoms with Gasteiger partial charge in [-0.1, -0.05) is 45.4 Å². The Hall–Kier alpha value is -1.88. The largest absolute Gasteiger partial charge is 0.388 e. The molecule has 1 aromatic rings. The van der Waals surface area contributed by atoms with Crippen LogP contribution in [-0.2, 0) is 16.0 Å². The molecule has 2 atom stereocenters. The molecule has 1 rings (SSSR count). The van der Waals surface area contributed by atoms with E-state index in [-0.39, 0.29) is 12.5 Å². The average molecular weight is 306 g/mol. The van der Waals surface area contributed by atoms with E-state index >= 15 is 0 Å². The van der Waals surface area contributed by atoms with Crippen LogP contribution < -0.4 is 10.6 Å². The van der Waals surface area contributed by atoms with Gasteiger partial charge in [0.1, 0.15) is 0 Å². The van der Waals surface area contributed by atoms with E-state index in [1.54, 1.807) is 19.1 Å². The third-order valence-electron chi connectivity index (χ3n) is 4.13. The van der Waals surface area contributed by atoms with Gasteiger partial charge in [-0.3, -0.25) is 9.59 Å². The Balaban J connectivity index is 2.61. The monoisotopic (exact) mass is 306 g/mol. The van der Waals surface area contributed by atoms with Gasteiger partial charge in [0.2, 0.25) is 0 Å². The SMILES string of the molecule is CCc1ccccc1NC(=O)C(=O)NC[C@@](C)(O)[C@H](C)CC. The lowest BCUT2D eigenvalue weighted by molar-refractivity contribution is -0.137. The summed E-state index contributed by atoms with van der Waals surface area (Å²) in [4.78, 5) is 23.8. The van der Waals surface area contributed by atoms with Crippen molar-refractivity contribution in [2.45, 2.75) is 46.1 Å². The van der Waals surface area contributed by atoms with E-state index in [1.807, 2.05) is 32.9 Å². The number of para-hydroxylation sites is 1. The van der Waals surface area contributed by atoms with Crippen molar-refractivity contribution in [1.82, 2.24) is 5.32 Å². The zero-order valence-electron chi connectivity index (χ0n) is 13.8. The molecule has 0 saturated heterocycles. The minimum atomic E-state index is -1.04. The molecule has 0 fully saturated rings. The van der Waals surface area contributed by atoms with Gasteiger partial charge in [-0.25, -0.2) is 0 Å². The highest BCUT2D eigenvalue weighted by atomic mass is 16.3. The second-order valence-corrected chi connectivity index (χ2v) is 5.81. The molecule has 0 heterocycles. The topological polar surface area (TPSA) is 78.4 Å². The molecule has 5 heteroatoms. The fourth-order valence-electron chi connectivity index (χ4n) is 2.08. The molecule has 22 heavy (non-hydrogen) atoms. The van der Waals surface area contributed by atoms with E-state index < -0.39 is 17.4 Å². The van der Waals surface area contributed by atoms with E-state index in [0.29, 0.717) is 5.69 Å². The van der Waals surface area contributed by atoms with Crippen molar-refractivity contribution in [3.05, 3.63) is 29.8 Å². The molecule has 0 bridgehead atoms. The quantitative estimate of drug-likeness (QED) is 0.704. The summed E-state index contributed by atoms with van der Waals surface area (Å²) in [5.41, 5.74) is 0.570. The molecule has 0 unspecified atom stereocenters. The summed E-state index contributed by atoms with van der Waals surface area (Å²) in [6.45, 7) is 7.56.